The minimum atomic E-state index is -3.60. The number of nitrogens with one attached hydrogen (secondary N) is 1. The molecule has 8 heteroatoms. The van der Waals surface area contributed by atoms with Crippen LogP contribution in [0.3, 0.4) is 0 Å². The zero-order valence-corrected chi connectivity index (χ0v) is 15.7. The lowest BCUT2D eigenvalue weighted by Gasteiger charge is -2.08. The topological polar surface area (TPSA) is 46.2 Å². The number of hydrogen-bond donors (Lipinski definition) is 1. The highest BCUT2D eigenvalue weighted by Gasteiger charge is 2.19. The molecule has 0 saturated heterocycles. The molecule has 0 aliphatic heterocycles. The van der Waals surface area contributed by atoms with E-state index in [1.54, 1.807) is 18.2 Å². The third-order valence-electron chi connectivity index (χ3n) is 2.27. The maximum Gasteiger partial charge on any atom is 0.271 e. The zero-order chi connectivity index (χ0) is 14.2. The van der Waals surface area contributed by atoms with E-state index in [4.69, 9.17) is 11.6 Å². The third kappa shape index (κ3) is 3.63. The summed E-state index contributed by atoms with van der Waals surface area (Å²) in [5.74, 6) is 0. The summed E-state index contributed by atoms with van der Waals surface area (Å²) in [6.45, 7) is 1.85. The van der Waals surface area contributed by atoms with E-state index in [-0.39, 0.29) is 4.21 Å². The van der Waals surface area contributed by atoms with Gasteiger partial charge in [0.25, 0.3) is 10.0 Å². The van der Waals surface area contributed by atoms with Crippen LogP contribution in [0.25, 0.3) is 0 Å². The molecule has 1 aromatic carbocycles. The highest BCUT2D eigenvalue weighted by atomic mass is 127. The van der Waals surface area contributed by atoms with Crippen LogP contribution in [0.1, 0.15) is 5.56 Å². The van der Waals surface area contributed by atoms with Crippen molar-refractivity contribution in [3.63, 3.8) is 0 Å². The number of hydrogen-bond acceptors (Lipinski definition) is 3. The molecule has 2 rings (SSSR count). The van der Waals surface area contributed by atoms with Crippen molar-refractivity contribution < 1.29 is 8.42 Å². The quantitative estimate of drug-likeness (QED) is 0.621. The van der Waals surface area contributed by atoms with Gasteiger partial charge in [0.1, 0.15) is 4.21 Å². The second-order valence-corrected chi connectivity index (χ2v) is 9.68. The van der Waals surface area contributed by atoms with E-state index < -0.39 is 10.0 Å². The summed E-state index contributed by atoms with van der Waals surface area (Å²) < 4.78 is 29.0. The van der Waals surface area contributed by atoms with E-state index in [0.717, 1.165) is 12.9 Å². The van der Waals surface area contributed by atoms with Crippen LogP contribution >= 0.6 is 61.5 Å². The van der Waals surface area contributed by atoms with Crippen molar-refractivity contribution >= 4 is 77.2 Å². The molecule has 2 aromatic rings. The lowest BCUT2D eigenvalue weighted by Crippen LogP contribution is -2.11. The summed E-state index contributed by atoms with van der Waals surface area (Å²) in [5, 5.41) is 0.372. The van der Waals surface area contributed by atoms with Crippen molar-refractivity contribution in [1.29, 1.82) is 0 Å². The Morgan fingerprint density at radius 3 is 2.63 bits per heavy atom. The van der Waals surface area contributed by atoms with Crippen LogP contribution < -0.4 is 4.72 Å². The lowest BCUT2D eigenvalue weighted by molar-refractivity contribution is 0.603. The number of thiophene rings is 1. The van der Waals surface area contributed by atoms with Crippen LogP contribution in [0, 0.1) is 10.5 Å². The molecule has 0 amide bonds. The molecular weight excluding hydrogens is 485 g/mol. The molecule has 0 aliphatic rings. The Hall–Kier alpha value is 0.170. The van der Waals surface area contributed by atoms with Gasteiger partial charge in [0.05, 0.1) is 14.5 Å². The molecule has 0 fully saturated rings. The fourth-order valence-corrected chi connectivity index (χ4v) is 5.34. The molecule has 102 valence electrons. The number of aryl methyl sites for hydroxylation is 1. The average Bonchev–Trinajstić information content (AvgIpc) is 2.65. The summed E-state index contributed by atoms with van der Waals surface area (Å²) in [5.41, 5.74) is 1.27. The van der Waals surface area contributed by atoms with E-state index in [0.29, 0.717) is 10.7 Å². The predicted molar refractivity (Wildman–Crippen MR) is 91.7 cm³/mol. The Kier molecular flexibility index (Phi) is 4.82. The van der Waals surface area contributed by atoms with Gasteiger partial charge in [0, 0.05) is 3.57 Å². The third-order valence-corrected chi connectivity index (χ3v) is 7.25. The maximum atomic E-state index is 12.2. The number of halogens is 3. The van der Waals surface area contributed by atoms with Crippen molar-refractivity contribution in [2.75, 3.05) is 4.72 Å². The second kappa shape index (κ2) is 5.88. The van der Waals surface area contributed by atoms with Gasteiger partial charge in [-0.15, -0.1) is 11.3 Å². The number of sulfonamides is 1. The van der Waals surface area contributed by atoms with Gasteiger partial charge in [0.2, 0.25) is 0 Å². The van der Waals surface area contributed by atoms with Gasteiger partial charge in [-0.1, -0.05) is 11.6 Å². The molecule has 0 unspecified atom stereocenters. The van der Waals surface area contributed by atoms with Gasteiger partial charge >= 0.3 is 0 Å². The Morgan fingerprint density at radius 2 is 2.05 bits per heavy atom. The van der Waals surface area contributed by atoms with Gasteiger partial charge in [-0.3, -0.25) is 4.72 Å². The van der Waals surface area contributed by atoms with E-state index in [1.807, 2.05) is 13.0 Å². The fourth-order valence-electron chi connectivity index (χ4n) is 1.33. The standard InChI is InChI=1S/C11H8BrClINO2S2/c1-6-4-10(18-11(6)12)19(16,17)15-9-5-7(14)2-3-8(9)13/h2-5,15H,1H3. The van der Waals surface area contributed by atoms with Crippen LogP contribution in [-0.4, -0.2) is 8.42 Å². The maximum absolute atomic E-state index is 12.2. The molecule has 0 atom stereocenters. The summed E-state index contributed by atoms with van der Waals surface area (Å²) in [4.78, 5) is 0. The SMILES string of the molecule is Cc1cc(S(=O)(=O)Nc2cc(I)ccc2Cl)sc1Br. The van der Waals surface area contributed by atoms with Crippen LogP contribution in [-0.2, 0) is 10.0 Å². The van der Waals surface area contributed by atoms with Crippen LogP contribution in [0.5, 0.6) is 0 Å². The summed E-state index contributed by atoms with van der Waals surface area (Å²) in [7, 11) is -3.60. The first kappa shape index (κ1) is 15.6. The number of benzene rings is 1. The normalized spacial score (nSPS) is 11.6. The van der Waals surface area contributed by atoms with Gasteiger partial charge in [0.15, 0.2) is 0 Å². The summed E-state index contributed by atoms with van der Waals surface area (Å²) in [6, 6.07) is 6.79. The minimum absolute atomic E-state index is 0.256. The molecule has 1 N–H and O–H groups in total. The van der Waals surface area contributed by atoms with Crippen LogP contribution in [0.4, 0.5) is 5.69 Å². The van der Waals surface area contributed by atoms with E-state index in [1.165, 1.54) is 11.3 Å². The van der Waals surface area contributed by atoms with Crippen molar-refractivity contribution in [2.45, 2.75) is 11.1 Å². The van der Waals surface area contributed by atoms with Gasteiger partial charge in [-0.25, -0.2) is 8.42 Å². The molecule has 3 nitrogen and oxygen atoms in total. The first-order valence-electron chi connectivity index (χ1n) is 5.03. The predicted octanol–water partition coefficient (Wildman–Crippen LogP) is 4.88. The second-order valence-electron chi connectivity index (χ2n) is 3.75. The monoisotopic (exact) mass is 491 g/mol. The highest BCUT2D eigenvalue weighted by molar-refractivity contribution is 14.1. The lowest BCUT2D eigenvalue weighted by atomic mass is 10.3. The minimum Gasteiger partial charge on any atom is -0.277 e. The average molecular weight is 493 g/mol. The molecule has 0 saturated carbocycles. The summed E-state index contributed by atoms with van der Waals surface area (Å²) in [6.07, 6.45) is 0. The van der Waals surface area contributed by atoms with Crippen LogP contribution in [0.2, 0.25) is 5.02 Å². The smallest absolute Gasteiger partial charge is 0.271 e. The Labute approximate surface area is 142 Å². The Morgan fingerprint density at radius 1 is 1.37 bits per heavy atom. The molecule has 0 bridgehead atoms. The van der Waals surface area contributed by atoms with Gasteiger partial charge in [-0.2, -0.15) is 0 Å². The molecule has 19 heavy (non-hydrogen) atoms. The van der Waals surface area contributed by atoms with Gasteiger partial charge < -0.3 is 0 Å². The Balaban J connectivity index is 2.39. The van der Waals surface area contributed by atoms with E-state index in [2.05, 4.69) is 43.2 Å². The Bertz CT molecular complexity index is 711. The first-order chi connectivity index (χ1) is 8.79. The van der Waals surface area contributed by atoms with Gasteiger partial charge in [-0.05, 0) is 75.3 Å². The molecule has 1 heterocycles. The molecule has 0 aliphatic carbocycles. The molecular formula is C11H8BrClINO2S2. The summed E-state index contributed by atoms with van der Waals surface area (Å²) >= 11 is 12.6. The molecule has 1 aromatic heterocycles. The van der Waals surface area contributed by atoms with Crippen molar-refractivity contribution in [2.24, 2.45) is 0 Å². The van der Waals surface area contributed by atoms with E-state index in [9.17, 15) is 8.42 Å². The van der Waals surface area contributed by atoms with E-state index >= 15 is 0 Å². The number of anilines is 1. The fraction of sp³-hybridized carbons (Fsp3) is 0.0909. The van der Waals surface area contributed by atoms with Crippen molar-refractivity contribution in [3.05, 3.63) is 42.2 Å². The molecule has 0 spiro atoms. The molecule has 0 radical (unpaired) electrons. The first-order valence-corrected chi connectivity index (χ1v) is 9.58. The van der Waals surface area contributed by atoms with Crippen LogP contribution in [0.15, 0.2) is 32.3 Å². The van der Waals surface area contributed by atoms with Crippen molar-refractivity contribution in [3.8, 4) is 0 Å². The zero-order valence-electron chi connectivity index (χ0n) is 9.58. The number of rotatable bonds is 3. The van der Waals surface area contributed by atoms with Crippen molar-refractivity contribution in [1.82, 2.24) is 0 Å². The highest BCUT2D eigenvalue weighted by Crippen LogP contribution is 2.33. The largest absolute Gasteiger partial charge is 0.277 e.